The fourth-order valence-electron chi connectivity index (χ4n) is 2.97. The number of allylic oxidation sites excluding steroid dienone is 2. The molecule has 2 aliphatic heterocycles. The second-order valence-corrected chi connectivity index (χ2v) is 6.42. The molecular formula is C18H21FN6O4. The fourth-order valence-corrected chi connectivity index (χ4v) is 2.97. The predicted octanol–water partition coefficient (Wildman–Crippen LogP) is -0.936. The molecule has 2 aliphatic rings. The van der Waals surface area contributed by atoms with Crippen molar-refractivity contribution in [2.75, 3.05) is 24.7 Å². The van der Waals surface area contributed by atoms with Gasteiger partial charge < -0.3 is 25.8 Å². The van der Waals surface area contributed by atoms with Crippen LogP contribution in [0.15, 0.2) is 48.1 Å². The number of ether oxygens (including phenoxy) is 1. The predicted molar refractivity (Wildman–Crippen MR) is 102 cm³/mol. The number of aliphatic hydroxyl groups excluding tert-OH is 1. The van der Waals surface area contributed by atoms with Crippen molar-refractivity contribution in [3.63, 3.8) is 0 Å². The highest BCUT2D eigenvalue weighted by molar-refractivity contribution is 6.00. The molecule has 154 valence electrons. The summed E-state index contributed by atoms with van der Waals surface area (Å²) in [5, 5.41) is 21.0. The fraction of sp³-hybridized carbons (Fsp3) is 0.278. The Morgan fingerprint density at radius 3 is 2.66 bits per heavy atom. The summed E-state index contributed by atoms with van der Waals surface area (Å²) in [6.07, 6.45) is -0.654. The topological polar surface area (TPSA) is 158 Å². The van der Waals surface area contributed by atoms with Crippen LogP contribution >= 0.6 is 0 Å². The van der Waals surface area contributed by atoms with Crippen molar-refractivity contribution < 1.29 is 23.8 Å². The number of hydrogen-bond donors (Lipinski definition) is 5. The highest BCUT2D eigenvalue weighted by Gasteiger charge is 2.41. The molecule has 11 heteroatoms. The zero-order chi connectivity index (χ0) is 21.1. The Bertz CT molecular complexity index is 885. The van der Waals surface area contributed by atoms with Gasteiger partial charge >= 0.3 is 0 Å². The summed E-state index contributed by atoms with van der Waals surface area (Å²) in [6.45, 7) is 0.385. The van der Waals surface area contributed by atoms with Crippen molar-refractivity contribution in [2.45, 2.75) is 12.2 Å². The van der Waals surface area contributed by atoms with Gasteiger partial charge in [0.2, 0.25) is 0 Å². The standard InChI is InChI=1S/C18H21FN6O4/c19-13-6-5-12(9-23-13)24-7-8-29-15(18(24)28)14(26)17(27)25(22)11-3-1-10(2-4-11)16(20)21/h1-6,14-15,23,26H,7-9,22H2,(H3,20,21)/t14-,15-/m1/s1. The summed E-state index contributed by atoms with van der Waals surface area (Å²) in [7, 11) is 0. The summed E-state index contributed by atoms with van der Waals surface area (Å²) in [4.78, 5) is 26.7. The number of nitrogens with two attached hydrogens (primary N) is 2. The molecule has 0 aromatic heterocycles. The Morgan fingerprint density at radius 1 is 1.38 bits per heavy atom. The molecule has 1 fully saturated rings. The summed E-state index contributed by atoms with van der Waals surface area (Å²) < 4.78 is 18.4. The van der Waals surface area contributed by atoms with Gasteiger partial charge in [0.1, 0.15) is 5.84 Å². The number of rotatable bonds is 5. The zero-order valence-corrected chi connectivity index (χ0v) is 15.3. The number of morpholine rings is 1. The lowest BCUT2D eigenvalue weighted by atomic mass is 10.1. The van der Waals surface area contributed by atoms with Crippen LogP contribution in [0.2, 0.25) is 0 Å². The molecule has 0 radical (unpaired) electrons. The van der Waals surface area contributed by atoms with E-state index in [-0.39, 0.29) is 31.2 Å². The molecule has 1 saturated heterocycles. The highest BCUT2D eigenvalue weighted by atomic mass is 19.1. The second kappa shape index (κ2) is 8.39. The number of aliphatic hydroxyl groups is 1. The molecule has 2 amide bonds. The third kappa shape index (κ3) is 4.26. The highest BCUT2D eigenvalue weighted by Crippen LogP contribution is 2.20. The maximum absolute atomic E-state index is 13.1. The Morgan fingerprint density at radius 2 is 2.07 bits per heavy atom. The monoisotopic (exact) mass is 404 g/mol. The number of carbonyl (C=O) groups excluding carboxylic acids is 2. The zero-order valence-electron chi connectivity index (χ0n) is 15.3. The number of halogens is 1. The van der Waals surface area contributed by atoms with Crippen molar-refractivity contribution >= 4 is 23.3 Å². The lowest BCUT2D eigenvalue weighted by Crippen LogP contribution is -2.58. The van der Waals surface area contributed by atoms with Crippen LogP contribution in [0.1, 0.15) is 5.56 Å². The molecule has 2 heterocycles. The quantitative estimate of drug-likeness (QED) is 0.106. The SMILES string of the molecule is N=C(N)c1ccc(N(N)C(=O)[C@H](O)[C@H]2OCCN(C3=CC=C(F)NC3)C2=O)cc1. The number of nitrogens with zero attached hydrogens (tertiary/aromatic N) is 2. The van der Waals surface area contributed by atoms with E-state index in [1.165, 1.54) is 41.3 Å². The molecule has 1 aromatic rings. The normalized spacial score (nSPS) is 20.3. The lowest BCUT2D eigenvalue weighted by Gasteiger charge is -2.36. The number of amidine groups is 1. The minimum Gasteiger partial charge on any atom is -0.384 e. The summed E-state index contributed by atoms with van der Waals surface area (Å²) in [5.41, 5.74) is 6.55. The number of benzene rings is 1. The number of dihydropyridines is 1. The average molecular weight is 404 g/mol. The third-order valence-corrected chi connectivity index (χ3v) is 4.56. The molecule has 29 heavy (non-hydrogen) atoms. The molecule has 0 saturated carbocycles. The smallest absolute Gasteiger partial charge is 0.273 e. The van der Waals surface area contributed by atoms with Crippen molar-refractivity contribution in [1.82, 2.24) is 10.2 Å². The lowest BCUT2D eigenvalue weighted by molar-refractivity contribution is -0.164. The molecule has 0 aliphatic carbocycles. The van der Waals surface area contributed by atoms with Crippen LogP contribution in [0.3, 0.4) is 0 Å². The molecule has 10 nitrogen and oxygen atoms in total. The van der Waals surface area contributed by atoms with E-state index in [9.17, 15) is 19.1 Å². The van der Waals surface area contributed by atoms with Gasteiger partial charge in [-0.05, 0) is 36.4 Å². The Hall–Kier alpha value is -3.28. The van der Waals surface area contributed by atoms with Crippen molar-refractivity contribution in [1.29, 1.82) is 5.41 Å². The van der Waals surface area contributed by atoms with Gasteiger partial charge in [0.05, 0.1) is 18.8 Å². The molecule has 7 N–H and O–H groups in total. The van der Waals surface area contributed by atoms with Gasteiger partial charge in [0.25, 0.3) is 11.8 Å². The Kier molecular flexibility index (Phi) is 5.92. The van der Waals surface area contributed by atoms with Crippen LogP contribution < -0.4 is 21.9 Å². The van der Waals surface area contributed by atoms with Gasteiger partial charge in [0.15, 0.2) is 18.2 Å². The molecule has 0 bridgehead atoms. The van der Waals surface area contributed by atoms with Gasteiger partial charge in [-0.25, -0.2) is 10.9 Å². The number of amides is 2. The van der Waals surface area contributed by atoms with Crippen LogP contribution in [-0.2, 0) is 14.3 Å². The van der Waals surface area contributed by atoms with Crippen LogP contribution in [0.5, 0.6) is 0 Å². The van der Waals surface area contributed by atoms with E-state index >= 15 is 0 Å². The number of nitrogens with one attached hydrogen (secondary N) is 2. The van der Waals surface area contributed by atoms with Crippen LogP contribution in [0, 0.1) is 5.41 Å². The number of anilines is 1. The van der Waals surface area contributed by atoms with Crippen molar-refractivity contribution in [3.8, 4) is 0 Å². The maximum atomic E-state index is 13.1. The summed E-state index contributed by atoms with van der Waals surface area (Å²) in [6, 6.07) is 5.90. The first-order valence-electron chi connectivity index (χ1n) is 8.74. The average Bonchev–Trinajstić information content (AvgIpc) is 2.73. The van der Waals surface area contributed by atoms with Gasteiger partial charge in [-0.15, -0.1) is 0 Å². The van der Waals surface area contributed by atoms with Crippen LogP contribution in [-0.4, -0.2) is 59.6 Å². The van der Waals surface area contributed by atoms with Crippen molar-refractivity contribution in [3.05, 3.63) is 53.6 Å². The van der Waals surface area contributed by atoms with E-state index < -0.39 is 30.0 Å². The molecule has 0 unspecified atom stereocenters. The van der Waals surface area contributed by atoms with Gasteiger partial charge in [-0.2, -0.15) is 4.39 Å². The molecular weight excluding hydrogens is 383 g/mol. The number of nitrogen functional groups attached to an aromatic ring is 1. The Labute approximate surface area is 165 Å². The minimum absolute atomic E-state index is 0.0855. The number of carbonyl (C=O) groups is 2. The van der Waals surface area contributed by atoms with E-state index in [2.05, 4.69) is 5.32 Å². The van der Waals surface area contributed by atoms with Crippen LogP contribution in [0.4, 0.5) is 10.1 Å². The van der Waals surface area contributed by atoms with Gasteiger partial charge in [-0.3, -0.25) is 15.0 Å². The first-order chi connectivity index (χ1) is 13.8. The van der Waals surface area contributed by atoms with Crippen LogP contribution in [0.25, 0.3) is 0 Å². The summed E-state index contributed by atoms with van der Waals surface area (Å²) >= 11 is 0. The molecule has 2 atom stereocenters. The second-order valence-electron chi connectivity index (χ2n) is 6.42. The largest absolute Gasteiger partial charge is 0.384 e. The first kappa shape index (κ1) is 20.5. The molecule has 1 aromatic carbocycles. The van der Waals surface area contributed by atoms with Crippen molar-refractivity contribution in [2.24, 2.45) is 11.6 Å². The minimum atomic E-state index is -1.84. The van der Waals surface area contributed by atoms with E-state index in [0.29, 0.717) is 16.3 Å². The number of hydrazine groups is 1. The third-order valence-electron chi connectivity index (χ3n) is 4.56. The number of hydrogen-bond acceptors (Lipinski definition) is 7. The van der Waals surface area contributed by atoms with E-state index in [1.54, 1.807) is 0 Å². The molecule has 0 spiro atoms. The van der Waals surface area contributed by atoms with Gasteiger partial charge in [0, 0.05) is 17.8 Å². The van der Waals surface area contributed by atoms with E-state index in [4.69, 9.17) is 21.7 Å². The maximum Gasteiger partial charge on any atom is 0.273 e. The van der Waals surface area contributed by atoms with Gasteiger partial charge in [-0.1, -0.05) is 0 Å². The summed E-state index contributed by atoms with van der Waals surface area (Å²) in [5.74, 6) is 3.57. The Balaban J connectivity index is 1.72. The first-order valence-corrected chi connectivity index (χ1v) is 8.74. The van der Waals surface area contributed by atoms with E-state index in [0.717, 1.165) is 0 Å². The van der Waals surface area contributed by atoms with E-state index in [1.807, 2.05) is 0 Å². The molecule has 3 rings (SSSR count).